The molecule has 0 saturated heterocycles. The standard InChI is InChI=1S/99Y. The fourth-order valence-electron chi connectivity index (χ4n) is 0. The fourth-order valence-corrected chi connectivity index (χ4v) is 0. The maximum atomic E-state index is 0. The van der Waals surface area contributed by atoms with Crippen LogP contribution in [-0.4, -0.2) is 0 Å². The van der Waals surface area contributed by atoms with E-state index in [0.29, 0.717) is 0 Å². The van der Waals surface area contributed by atoms with E-state index >= 15 is 0 Å². The quantitative estimate of drug-likeness (QED) is 0.315. The number of hydrogen-bond donors (Lipinski definition) is 0. The molecular weight excluding hydrogens is 8800 g/mol. The van der Waals surface area contributed by atoms with Crippen molar-refractivity contribution in [3.63, 3.8) is 0 Å². The average molecular weight is 8800 g/mol. The minimum absolute atomic E-state index is 0. The van der Waals surface area contributed by atoms with Gasteiger partial charge in [-0.1, -0.05) is 0 Å². The zero-order valence-corrected chi connectivity index (χ0v) is 338. The second-order valence-electron chi connectivity index (χ2n) is 0. The Morgan fingerprint density at radius 3 is 0.0101 bits per heavy atom. The SMILES string of the molecule is [Y].[Y].[Y].[Y].[Y].[Y].[Y].[Y].[Y].[Y].[Y].[Y].[Y].[Y].[Y].[Y].[Y].[Y].[Y].[Y].[Y].[Y].[Y].[Y].[Y].[Y].[Y].[Y].[Y].[Y].[Y].[Y].[Y].[Y].[Y].[Y].[Y].[Y].[Y].[Y].[Y].[Y].[Y].[Y].[Y].[Y].[Y].[Y].[Y].[Y].[Y].[Y].[Y].[Y].[Y].[Y].[Y].[Y].[Y].[Y].[Y].[Y].[Y].[Y].[Y].[Y].[Y].[Y].[Y].[Y].[Y].[Y].[Y].[Y].[Y].[Y].[Y].[Y].[Y].[Y].[Y].[Y].[Y].[Y].[Y].[Y].[Y].[Y].[Y].[Y].[Y].[Y].[Y].[Y].[Y].[Y].[Y].[Y].[Y]. The van der Waals surface area contributed by atoms with Crippen molar-refractivity contribution < 1.29 is 3240 Å². The van der Waals surface area contributed by atoms with Gasteiger partial charge >= 0.3 is 0 Å². The molecule has 0 aliphatic rings. The van der Waals surface area contributed by atoms with Gasteiger partial charge in [0.05, 0.1) is 0 Å². The Morgan fingerprint density at radius 2 is 0.0101 bits per heavy atom. The molecule has 0 aromatic carbocycles. The third-order valence-electron chi connectivity index (χ3n) is 0. The molecule has 0 heterocycles. The minimum atomic E-state index is 0. The van der Waals surface area contributed by atoms with E-state index in [2.05, 4.69) is 0 Å². The van der Waals surface area contributed by atoms with Gasteiger partial charge in [-0.25, -0.2) is 0 Å². The van der Waals surface area contributed by atoms with E-state index in [0.717, 1.165) is 0 Å². The van der Waals surface area contributed by atoms with Crippen LogP contribution in [0.1, 0.15) is 0 Å². The first kappa shape index (κ1) is 749. The maximum absolute atomic E-state index is 0. The molecule has 0 aliphatic carbocycles. The second-order valence-corrected chi connectivity index (χ2v) is 0. The summed E-state index contributed by atoms with van der Waals surface area (Å²) in [7, 11) is 0. The van der Waals surface area contributed by atoms with Crippen LogP contribution in [-0.2, 0) is 3240 Å². The summed E-state index contributed by atoms with van der Waals surface area (Å²) in [5, 5.41) is 0. The molecule has 99 radical (unpaired) electrons. The van der Waals surface area contributed by atoms with Gasteiger partial charge < -0.3 is 0 Å². The second kappa shape index (κ2) is 739. The molecule has 0 rings (SSSR count). The summed E-state index contributed by atoms with van der Waals surface area (Å²) >= 11 is 0. The molecule has 0 fully saturated rings. The van der Waals surface area contributed by atoms with Crippen molar-refractivity contribution >= 4 is 0 Å². The topological polar surface area (TPSA) is 0 Å². The molecule has 0 aromatic heterocycles. The Balaban J connectivity index is 0. The Morgan fingerprint density at radius 1 is 0.0101 bits per heavy atom. The van der Waals surface area contributed by atoms with E-state index in [4.69, 9.17) is 0 Å². The minimum Gasteiger partial charge on any atom is 0 e. The molecule has 0 N–H and O–H groups in total. The molecule has 99 heteroatoms. The third-order valence-corrected chi connectivity index (χ3v) is 0. The molecule has 0 bridgehead atoms. The van der Waals surface area contributed by atoms with Gasteiger partial charge in [0.2, 0.25) is 0 Å². The van der Waals surface area contributed by atoms with Crippen molar-refractivity contribution in [3.05, 3.63) is 0 Å². The van der Waals surface area contributed by atoms with Crippen LogP contribution in [0.3, 0.4) is 0 Å². The third kappa shape index (κ3) is 731. The Labute approximate surface area is 3110 Å². The molecule has 0 aliphatic heterocycles. The van der Waals surface area contributed by atoms with Crippen LogP contribution < -0.4 is 0 Å². The van der Waals surface area contributed by atoms with Gasteiger partial charge in [-0.2, -0.15) is 0 Å². The van der Waals surface area contributed by atoms with Crippen LogP contribution >= 0.6 is 0 Å². The van der Waals surface area contributed by atoms with Gasteiger partial charge in [0, 0.05) is 3240 Å². The van der Waals surface area contributed by atoms with Gasteiger partial charge in [0.25, 0.3) is 0 Å². The van der Waals surface area contributed by atoms with Crippen LogP contribution in [0.2, 0.25) is 0 Å². The zero-order valence-electron chi connectivity index (χ0n) is 57.2. The average Bonchev–Trinajstić information content (AvgIpc) is 0. The molecule has 0 atom stereocenters. The fraction of sp³-hybridized carbons (Fsp3) is 0. The predicted molar refractivity (Wildman–Crippen MR) is 0 cm³/mol. The van der Waals surface area contributed by atoms with E-state index in [9.17, 15) is 0 Å². The summed E-state index contributed by atoms with van der Waals surface area (Å²) in [6.45, 7) is 0. The molecule has 0 saturated carbocycles. The predicted octanol–water partition coefficient (Wildman–Crippen LogP) is -0.248. The molecule has 0 aromatic rings. The van der Waals surface area contributed by atoms with Gasteiger partial charge in [0.15, 0.2) is 0 Å². The van der Waals surface area contributed by atoms with E-state index in [1.54, 1.807) is 0 Å². The Hall–Kier alpha value is 109. The Bertz CT molecular complexity index is 0. The van der Waals surface area contributed by atoms with Crippen molar-refractivity contribution in [2.75, 3.05) is 0 Å². The zero-order chi connectivity index (χ0) is 0. The maximum Gasteiger partial charge on any atom is 0 e. The van der Waals surface area contributed by atoms with Crippen molar-refractivity contribution in [1.29, 1.82) is 0 Å². The molecule has 0 amide bonds. The molecule has 0 nitrogen and oxygen atoms in total. The smallest absolute Gasteiger partial charge is 0 e. The molecule has 0 unspecified atom stereocenters. The van der Waals surface area contributed by atoms with Crippen molar-refractivity contribution in [2.45, 2.75) is 0 Å². The molecule has 297 valence electrons. The van der Waals surface area contributed by atoms with E-state index in [1.807, 2.05) is 0 Å². The van der Waals surface area contributed by atoms with Crippen LogP contribution in [0, 0.1) is 0 Å². The van der Waals surface area contributed by atoms with Crippen molar-refractivity contribution in [2.24, 2.45) is 0 Å². The van der Waals surface area contributed by atoms with E-state index < -0.39 is 0 Å². The first-order valence-electron chi connectivity index (χ1n) is 0. The van der Waals surface area contributed by atoms with Gasteiger partial charge in [0.1, 0.15) is 0 Å². The summed E-state index contributed by atoms with van der Waals surface area (Å²) in [5.74, 6) is 0. The van der Waals surface area contributed by atoms with Gasteiger partial charge in [-0.3, -0.25) is 0 Å². The van der Waals surface area contributed by atoms with Crippen molar-refractivity contribution in [3.8, 4) is 0 Å². The van der Waals surface area contributed by atoms with Crippen LogP contribution in [0.4, 0.5) is 0 Å². The Kier molecular flexibility index (Phi) is 5590. The van der Waals surface area contributed by atoms with Crippen LogP contribution in [0.15, 0.2) is 0 Å². The first-order chi connectivity index (χ1) is 0. The molecule has 99 heavy (non-hydrogen) atoms. The number of rotatable bonds is 0. The monoisotopic (exact) mass is 8800 g/mol. The largest absolute Gasteiger partial charge is 0 e. The molecule has 0 spiro atoms. The van der Waals surface area contributed by atoms with E-state index in [-0.39, 0.29) is 3240 Å². The summed E-state index contributed by atoms with van der Waals surface area (Å²) in [4.78, 5) is 0. The molecular formula is Y99. The number of hydrogen-bond acceptors (Lipinski definition) is 0. The summed E-state index contributed by atoms with van der Waals surface area (Å²) < 4.78 is 0. The van der Waals surface area contributed by atoms with E-state index in [1.165, 1.54) is 0 Å². The van der Waals surface area contributed by atoms with Crippen LogP contribution in [0.25, 0.3) is 0 Å². The van der Waals surface area contributed by atoms with Gasteiger partial charge in [-0.05, 0) is 0 Å². The summed E-state index contributed by atoms with van der Waals surface area (Å²) in [6, 6.07) is 0. The summed E-state index contributed by atoms with van der Waals surface area (Å²) in [5.41, 5.74) is 0. The summed E-state index contributed by atoms with van der Waals surface area (Å²) in [6.07, 6.45) is 0. The first-order valence-corrected chi connectivity index (χ1v) is 0. The van der Waals surface area contributed by atoms with Gasteiger partial charge in [-0.15, -0.1) is 0 Å². The van der Waals surface area contributed by atoms with Crippen molar-refractivity contribution in [1.82, 2.24) is 0 Å². The van der Waals surface area contributed by atoms with Crippen LogP contribution in [0.5, 0.6) is 0 Å². The normalized spacial score (nSPS) is 0.